The average molecular weight is 240 g/mol. The predicted molar refractivity (Wildman–Crippen MR) is 52.4 cm³/mol. The van der Waals surface area contributed by atoms with E-state index < -0.39 is 29.3 Å². The Bertz CT molecular complexity index is 524. The summed E-state index contributed by atoms with van der Waals surface area (Å²) in [6.07, 6.45) is -0.0328. The molecule has 0 aromatic heterocycles. The van der Waals surface area contributed by atoms with Crippen LogP contribution >= 0.6 is 0 Å². The first-order valence-electron chi connectivity index (χ1n) is 4.88. The number of amides is 1. The Kier molecular flexibility index (Phi) is 2.76. The SMILES string of the molecule is N#CC1CC(=O)N(c2ccc(F)c(F)c2F)C1. The molecule has 1 heterocycles. The molecular formula is C11H7F3N2O. The summed E-state index contributed by atoms with van der Waals surface area (Å²) < 4.78 is 39.1. The minimum absolute atomic E-state index is 0.00265. The van der Waals surface area contributed by atoms with E-state index >= 15 is 0 Å². The Hall–Kier alpha value is -2.03. The zero-order valence-electron chi connectivity index (χ0n) is 8.58. The van der Waals surface area contributed by atoms with Gasteiger partial charge in [-0.1, -0.05) is 0 Å². The van der Waals surface area contributed by atoms with Crippen molar-refractivity contribution in [2.45, 2.75) is 6.42 Å². The molecule has 0 aliphatic carbocycles. The molecule has 1 aromatic carbocycles. The number of carbonyl (C=O) groups excluding carboxylic acids is 1. The summed E-state index contributed by atoms with van der Waals surface area (Å²) in [4.78, 5) is 12.4. The second kappa shape index (κ2) is 4.09. The van der Waals surface area contributed by atoms with Gasteiger partial charge < -0.3 is 4.90 Å². The lowest BCUT2D eigenvalue weighted by molar-refractivity contribution is -0.117. The van der Waals surface area contributed by atoms with Crippen LogP contribution in [0.2, 0.25) is 0 Å². The fraction of sp³-hybridized carbons (Fsp3) is 0.273. The summed E-state index contributed by atoms with van der Waals surface area (Å²) in [6.45, 7) is -0.00265. The van der Waals surface area contributed by atoms with Gasteiger partial charge in [0.1, 0.15) is 0 Å². The maximum absolute atomic E-state index is 13.4. The first-order chi connectivity index (χ1) is 8.04. The van der Waals surface area contributed by atoms with Gasteiger partial charge in [-0.15, -0.1) is 0 Å². The van der Waals surface area contributed by atoms with Crippen LogP contribution in [-0.4, -0.2) is 12.5 Å². The second-order valence-electron chi connectivity index (χ2n) is 3.73. The largest absolute Gasteiger partial charge is 0.308 e. The molecule has 1 unspecified atom stereocenters. The molecular weight excluding hydrogens is 233 g/mol. The third-order valence-electron chi connectivity index (χ3n) is 2.61. The van der Waals surface area contributed by atoms with Crippen LogP contribution in [0.1, 0.15) is 6.42 Å². The zero-order valence-corrected chi connectivity index (χ0v) is 8.58. The molecule has 1 aliphatic rings. The van der Waals surface area contributed by atoms with Gasteiger partial charge in [0.25, 0.3) is 0 Å². The van der Waals surface area contributed by atoms with Crippen molar-refractivity contribution in [3.63, 3.8) is 0 Å². The molecule has 88 valence electrons. The van der Waals surface area contributed by atoms with Crippen molar-refractivity contribution < 1.29 is 18.0 Å². The minimum atomic E-state index is -1.62. The molecule has 17 heavy (non-hydrogen) atoms. The van der Waals surface area contributed by atoms with Crippen molar-refractivity contribution in [1.82, 2.24) is 0 Å². The molecule has 1 aliphatic heterocycles. The lowest BCUT2D eigenvalue weighted by atomic mass is 10.1. The highest BCUT2D eigenvalue weighted by Gasteiger charge is 2.33. The number of hydrogen-bond donors (Lipinski definition) is 0. The fourth-order valence-electron chi connectivity index (χ4n) is 1.75. The maximum atomic E-state index is 13.4. The van der Waals surface area contributed by atoms with Crippen LogP contribution in [0.25, 0.3) is 0 Å². The topological polar surface area (TPSA) is 44.1 Å². The molecule has 0 saturated carbocycles. The van der Waals surface area contributed by atoms with E-state index in [1.54, 1.807) is 0 Å². The van der Waals surface area contributed by atoms with E-state index in [0.29, 0.717) is 0 Å². The zero-order chi connectivity index (χ0) is 12.6. The first-order valence-corrected chi connectivity index (χ1v) is 4.88. The van der Waals surface area contributed by atoms with Crippen LogP contribution in [0.5, 0.6) is 0 Å². The van der Waals surface area contributed by atoms with Gasteiger partial charge in [0.05, 0.1) is 17.7 Å². The summed E-state index contributed by atoms with van der Waals surface area (Å²) in [5.74, 6) is -5.35. The summed E-state index contributed by atoms with van der Waals surface area (Å²) >= 11 is 0. The van der Waals surface area contributed by atoms with Crippen molar-refractivity contribution >= 4 is 11.6 Å². The number of hydrogen-bond acceptors (Lipinski definition) is 2. The lowest BCUT2D eigenvalue weighted by Crippen LogP contribution is -2.26. The Balaban J connectivity index is 2.40. The molecule has 0 spiro atoms. The molecule has 1 saturated heterocycles. The normalized spacial score (nSPS) is 19.5. The average Bonchev–Trinajstić information content (AvgIpc) is 2.68. The van der Waals surface area contributed by atoms with Gasteiger partial charge in [0, 0.05) is 13.0 Å². The molecule has 3 nitrogen and oxygen atoms in total. The van der Waals surface area contributed by atoms with Crippen molar-refractivity contribution in [2.75, 3.05) is 11.4 Å². The van der Waals surface area contributed by atoms with Gasteiger partial charge in [-0.3, -0.25) is 4.79 Å². The van der Waals surface area contributed by atoms with Gasteiger partial charge in [-0.2, -0.15) is 5.26 Å². The van der Waals surface area contributed by atoms with E-state index in [1.165, 1.54) is 0 Å². The van der Waals surface area contributed by atoms with Gasteiger partial charge >= 0.3 is 0 Å². The first kappa shape index (κ1) is 11.5. The number of benzene rings is 1. The number of halogens is 3. The molecule has 6 heteroatoms. The Labute approximate surface area is 95.1 Å². The Morgan fingerprint density at radius 2 is 2.00 bits per heavy atom. The molecule has 0 bridgehead atoms. The number of nitriles is 1. The maximum Gasteiger partial charge on any atom is 0.228 e. The van der Waals surface area contributed by atoms with Crippen LogP contribution in [0.15, 0.2) is 12.1 Å². The van der Waals surface area contributed by atoms with Gasteiger partial charge in [-0.05, 0) is 12.1 Å². The highest BCUT2D eigenvalue weighted by Crippen LogP contribution is 2.29. The van der Waals surface area contributed by atoms with Crippen LogP contribution < -0.4 is 4.90 Å². The number of rotatable bonds is 1. The predicted octanol–water partition coefficient (Wildman–Crippen LogP) is 1.98. The second-order valence-corrected chi connectivity index (χ2v) is 3.73. The van der Waals surface area contributed by atoms with Crippen LogP contribution in [0.4, 0.5) is 18.9 Å². The van der Waals surface area contributed by atoms with Gasteiger partial charge in [0.2, 0.25) is 5.91 Å². The van der Waals surface area contributed by atoms with E-state index in [9.17, 15) is 18.0 Å². The van der Waals surface area contributed by atoms with Crippen molar-refractivity contribution in [2.24, 2.45) is 5.92 Å². The summed E-state index contributed by atoms with van der Waals surface area (Å²) in [5, 5.41) is 8.66. The number of nitrogens with zero attached hydrogens (tertiary/aromatic N) is 2. The third-order valence-corrected chi connectivity index (χ3v) is 2.61. The van der Waals surface area contributed by atoms with Crippen LogP contribution in [0.3, 0.4) is 0 Å². The van der Waals surface area contributed by atoms with E-state index in [-0.39, 0.29) is 18.7 Å². The van der Waals surface area contributed by atoms with Gasteiger partial charge in [0.15, 0.2) is 17.5 Å². The molecule has 1 fully saturated rings. The molecule has 1 atom stereocenters. The Morgan fingerprint density at radius 1 is 1.29 bits per heavy atom. The highest BCUT2D eigenvalue weighted by molar-refractivity contribution is 5.96. The monoisotopic (exact) mass is 240 g/mol. The van der Waals surface area contributed by atoms with Crippen LogP contribution in [0, 0.1) is 34.7 Å². The smallest absolute Gasteiger partial charge is 0.228 e. The molecule has 1 amide bonds. The molecule has 0 N–H and O–H groups in total. The summed E-state index contributed by atoms with van der Waals surface area (Å²) in [7, 11) is 0. The molecule has 2 rings (SSSR count). The molecule has 0 radical (unpaired) electrons. The highest BCUT2D eigenvalue weighted by atomic mass is 19.2. The third kappa shape index (κ3) is 1.84. The van der Waals surface area contributed by atoms with Crippen molar-refractivity contribution in [3.05, 3.63) is 29.6 Å². The van der Waals surface area contributed by atoms with E-state index in [2.05, 4.69) is 0 Å². The van der Waals surface area contributed by atoms with Crippen molar-refractivity contribution in [1.29, 1.82) is 5.26 Å². The quantitative estimate of drug-likeness (QED) is 0.704. The molecule has 1 aromatic rings. The number of anilines is 1. The lowest BCUT2D eigenvalue weighted by Gasteiger charge is -2.16. The Morgan fingerprint density at radius 3 is 2.59 bits per heavy atom. The minimum Gasteiger partial charge on any atom is -0.308 e. The van der Waals surface area contributed by atoms with E-state index in [1.807, 2.05) is 6.07 Å². The standard InChI is InChI=1S/C11H7F3N2O/c12-7-1-2-8(11(14)10(7)13)16-5-6(4-15)3-9(16)17/h1-2,6H,3,5H2. The van der Waals surface area contributed by atoms with Crippen molar-refractivity contribution in [3.8, 4) is 6.07 Å². The summed E-state index contributed by atoms with van der Waals surface area (Å²) in [5.41, 5.74) is -0.327. The van der Waals surface area contributed by atoms with E-state index in [4.69, 9.17) is 5.26 Å². The summed E-state index contributed by atoms with van der Waals surface area (Å²) in [6, 6.07) is 3.63. The number of carbonyl (C=O) groups is 1. The fourth-order valence-corrected chi connectivity index (χ4v) is 1.75. The van der Waals surface area contributed by atoms with Crippen LogP contribution in [-0.2, 0) is 4.79 Å². The van der Waals surface area contributed by atoms with E-state index in [0.717, 1.165) is 17.0 Å². The van der Waals surface area contributed by atoms with Gasteiger partial charge in [-0.25, -0.2) is 13.2 Å².